The molecular formula is C15H18N2O5S3. The summed E-state index contributed by atoms with van der Waals surface area (Å²) >= 11 is 1.41. The second kappa shape index (κ2) is 6.29. The van der Waals surface area contributed by atoms with Crippen LogP contribution in [0, 0.1) is 0 Å². The lowest BCUT2D eigenvalue weighted by molar-refractivity contribution is -0.0795. The van der Waals surface area contributed by atoms with Crippen molar-refractivity contribution in [2.75, 3.05) is 26.2 Å². The Kier molecular flexibility index (Phi) is 4.37. The number of thiophene rings is 1. The maximum atomic E-state index is 13.0. The molecule has 4 rings (SSSR count). The van der Waals surface area contributed by atoms with Crippen LogP contribution in [0.3, 0.4) is 0 Å². The molecule has 0 bridgehead atoms. The Morgan fingerprint density at radius 1 is 1.12 bits per heavy atom. The number of rotatable bonds is 3. The molecule has 2 aliphatic heterocycles. The van der Waals surface area contributed by atoms with Crippen molar-refractivity contribution in [1.29, 1.82) is 0 Å². The molecule has 1 aromatic carbocycles. The van der Waals surface area contributed by atoms with Crippen molar-refractivity contribution in [3.63, 3.8) is 0 Å². The normalized spacial score (nSPS) is 22.3. The van der Waals surface area contributed by atoms with Gasteiger partial charge in [0.25, 0.3) is 0 Å². The molecule has 136 valence electrons. The van der Waals surface area contributed by atoms with E-state index in [-0.39, 0.29) is 13.1 Å². The van der Waals surface area contributed by atoms with Crippen LogP contribution in [0.5, 0.6) is 0 Å². The van der Waals surface area contributed by atoms with Crippen LogP contribution in [-0.2, 0) is 25.7 Å². The van der Waals surface area contributed by atoms with Gasteiger partial charge in [-0.15, -0.1) is 11.3 Å². The third kappa shape index (κ3) is 2.81. The summed E-state index contributed by atoms with van der Waals surface area (Å²) in [6.07, 6.45) is 0.690. The molecule has 1 spiro atoms. The second-order valence-electron chi connectivity index (χ2n) is 6.16. The van der Waals surface area contributed by atoms with Gasteiger partial charge in [-0.25, -0.2) is 16.8 Å². The molecule has 2 fully saturated rings. The van der Waals surface area contributed by atoms with Gasteiger partial charge in [0.2, 0.25) is 20.9 Å². The monoisotopic (exact) mass is 402 g/mol. The molecular weight excluding hydrogens is 384 g/mol. The van der Waals surface area contributed by atoms with E-state index in [2.05, 4.69) is 0 Å². The number of fused-ring (bicyclic) bond motifs is 1. The Balaban J connectivity index is 1.60. The molecule has 0 unspecified atom stereocenters. The summed E-state index contributed by atoms with van der Waals surface area (Å²) in [5.41, 5.74) is -0.877. The molecule has 0 saturated carbocycles. The maximum Gasteiger partial charge on any atom is 0.244 e. The van der Waals surface area contributed by atoms with E-state index in [4.69, 9.17) is 4.74 Å². The first-order chi connectivity index (χ1) is 11.9. The fourth-order valence-corrected chi connectivity index (χ4v) is 7.32. The van der Waals surface area contributed by atoms with E-state index in [1.165, 1.54) is 19.9 Å². The van der Waals surface area contributed by atoms with Gasteiger partial charge in [-0.1, -0.05) is 18.2 Å². The zero-order valence-corrected chi connectivity index (χ0v) is 15.9. The third-order valence-corrected chi connectivity index (χ3v) is 8.92. The average Bonchev–Trinajstić information content (AvgIpc) is 3.20. The van der Waals surface area contributed by atoms with Crippen molar-refractivity contribution in [3.05, 3.63) is 29.6 Å². The quantitative estimate of drug-likeness (QED) is 0.781. The summed E-state index contributed by atoms with van der Waals surface area (Å²) in [6, 6.07) is 7.43. The van der Waals surface area contributed by atoms with Crippen LogP contribution in [0.1, 0.15) is 12.8 Å². The van der Waals surface area contributed by atoms with Gasteiger partial charge in [0, 0.05) is 47.9 Å². The van der Waals surface area contributed by atoms with Crippen LogP contribution in [0.15, 0.2) is 34.5 Å². The SMILES string of the molecule is O=[SH](=O)N1CCOC12CCN(S(=O)(=O)c1csc3ccccc13)CC2. The highest BCUT2D eigenvalue weighted by Crippen LogP contribution is 2.37. The fourth-order valence-electron chi connectivity index (χ4n) is 3.60. The lowest BCUT2D eigenvalue weighted by atomic mass is 10.0. The van der Waals surface area contributed by atoms with Crippen molar-refractivity contribution < 1.29 is 21.6 Å². The Bertz CT molecular complexity index is 966. The van der Waals surface area contributed by atoms with Crippen molar-refractivity contribution >= 4 is 42.3 Å². The molecule has 2 aromatic rings. The fraction of sp³-hybridized carbons (Fsp3) is 0.467. The predicted octanol–water partition coefficient (Wildman–Crippen LogP) is 1.24. The molecule has 0 N–H and O–H groups in total. The van der Waals surface area contributed by atoms with Gasteiger partial charge in [-0.3, -0.25) is 0 Å². The number of ether oxygens (including phenoxy) is 1. The van der Waals surface area contributed by atoms with Crippen molar-refractivity contribution in [3.8, 4) is 0 Å². The molecule has 0 atom stereocenters. The highest BCUT2D eigenvalue weighted by Gasteiger charge is 2.48. The van der Waals surface area contributed by atoms with Crippen molar-refractivity contribution in [1.82, 2.24) is 8.61 Å². The molecule has 1 aromatic heterocycles. The summed E-state index contributed by atoms with van der Waals surface area (Å²) < 4.78 is 58.4. The summed E-state index contributed by atoms with van der Waals surface area (Å²) in [6.45, 7) is 1.17. The summed E-state index contributed by atoms with van der Waals surface area (Å²) in [7, 11) is -6.34. The summed E-state index contributed by atoms with van der Waals surface area (Å²) in [4.78, 5) is 0.322. The highest BCUT2D eigenvalue weighted by atomic mass is 32.2. The van der Waals surface area contributed by atoms with Gasteiger partial charge in [0.15, 0.2) is 0 Å². The Morgan fingerprint density at radius 2 is 1.84 bits per heavy atom. The second-order valence-corrected chi connectivity index (χ2v) is 9.93. The van der Waals surface area contributed by atoms with E-state index in [0.29, 0.717) is 30.9 Å². The van der Waals surface area contributed by atoms with E-state index >= 15 is 0 Å². The largest absolute Gasteiger partial charge is 0.358 e. The molecule has 3 heterocycles. The zero-order valence-electron chi connectivity index (χ0n) is 13.3. The molecule has 0 amide bonds. The highest BCUT2D eigenvalue weighted by molar-refractivity contribution is 7.89. The van der Waals surface area contributed by atoms with Crippen LogP contribution in [0.4, 0.5) is 0 Å². The lowest BCUT2D eigenvalue weighted by Gasteiger charge is -2.40. The first-order valence-corrected chi connectivity index (χ1v) is 11.4. The molecule has 0 radical (unpaired) electrons. The zero-order chi connectivity index (χ0) is 17.7. The van der Waals surface area contributed by atoms with Gasteiger partial charge in [0.05, 0.1) is 6.61 Å². The number of sulfonamides is 1. The van der Waals surface area contributed by atoms with Gasteiger partial charge in [-0.05, 0) is 6.07 Å². The molecule has 10 heteroatoms. The number of nitrogens with zero attached hydrogens (tertiary/aromatic N) is 2. The minimum Gasteiger partial charge on any atom is -0.358 e. The van der Waals surface area contributed by atoms with Crippen LogP contribution >= 0.6 is 11.3 Å². The molecule has 2 saturated heterocycles. The summed E-state index contributed by atoms with van der Waals surface area (Å²) in [5.74, 6) is 0. The maximum absolute atomic E-state index is 13.0. The van der Waals surface area contributed by atoms with Crippen molar-refractivity contribution in [2.45, 2.75) is 23.5 Å². The number of piperidine rings is 1. The smallest absolute Gasteiger partial charge is 0.244 e. The minimum absolute atomic E-state index is 0.242. The third-order valence-electron chi connectivity index (χ3n) is 4.91. The number of benzene rings is 1. The molecule has 25 heavy (non-hydrogen) atoms. The van der Waals surface area contributed by atoms with E-state index in [1.54, 1.807) is 5.38 Å². The number of hydrogen-bond donors (Lipinski definition) is 1. The average molecular weight is 403 g/mol. The predicted molar refractivity (Wildman–Crippen MR) is 95.5 cm³/mol. The van der Waals surface area contributed by atoms with Gasteiger partial charge < -0.3 is 4.74 Å². The van der Waals surface area contributed by atoms with Crippen molar-refractivity contribution in [2.24, 2.45) is 0 Å². The van der Waals surface area contributed by atoms with Gasteiger partial charge in [-0.2, -0.15) is 8.61 Å². The molecule has 7 nitrogen and oxygen atoms in total. The Labute approximate surface area is 151 Å². The van der Waals surface area contributed by atoms with E-state index < -0.39 is 26.6 Å². The molecule has 0 aliphatic carbocycles. The number of hydrogen-bond acceptors (Lipinski definition) is 6. The standard InChI is InChI=1S/C15H18N2O5S3/c18-24(19)17-9-10-22-15(17)5-7-16(8-6-15)25(20,21)14-11-23-13-4-2-1-3-12(13)14/h1-4,11,24H,5-10H2. The van der Waals surface area contributed by atoms with Crippen LogP contribution in [-0.4, -0.2) is 57.4 Å². The van der Waals surface area contributed by atoms with E-state index in [1.807, 2.05) is 24.3 Å². The Morgan fingerprint density at radius 3 is 2.56 bits per heavy atom. The first kappa shape index (κ1) is 17.4. The van der Waals surface area contributed by atoms with Crippen LogP contribution < -0.4 is 0 Å². The Hall–Kier alpha value is -1.04. The topological polar surface area (TPSA) is 84.0 Å². The van der Waals surface area contributed by atoms with Crippen LogP contribution in [0.2, 0.25) is 0 Å². The minimum atomic E-state index is -3.61. The lowest BCUT2D eigenvalue weighted by Crippen LogP contribution is -2.53. The van der Waals surface area contributed by atoms with Gasteiger partial charge >= 0.3 is 0 Å². The van der Waals surface area contributed by atoms with Gasteiger partial charge in [0.1, 0.15) is 10.6 Å². The molecule has 2 aliphatic rings. The number of thiol groups is 1. The van der Waals surface area contributed by atoms with Crippen LogP contribution in [0.25, 0.3) is 10.1 Å². The summed E-state index contributed by atoms with van der Waals surface area (Å²) in [5, 5.41) is 2.41. The first-order valence-electron chi connectivity index (χ1n) is 7.96. The van der Waals surface area contributed by atoms with E-state index in [9.17, 15) is 16.8 Å². The van der Waals surface area contributed by atoms with E-state index in [0.717, 1.165) is 10.1 Å².